The molecule has 124 valence electrons. The van der Waals surface area contributed by atoms with Crippen LogP contribution in [-0.2, 0) is 14.3 Å². The largest absolute Gasteiger partial charge is 0.455 e. The summed E-state index contributed by atoms with van der Waals surface area (Å²) in [4.78, 5) is 25.6. The van der Waals surface area contributed by atoms with E-state index < -0.39 is 0 Å². The van der Waals surface area contributed by atoms with Gasteiger partial charge in [-0.05, 0) is 49.9 Å². The van der Waals surface area contributed by atoms with Crippen LogP contribution in [0, 0.1) is 5.92 Å². The third-order valence-corrected chi connectivity index (χ3v) is 4.38. The third kappa shape index (κ3) is 4.71. The molecular weight excluding hydrogens is 292 g/mol. The Balaban J connectivity index is 1.48. The van der Waals surface area contributed by atoms with Gasteiger partial charge >= 0.3 is 5.97 Å². The van der Waals surface area contributed by atoms with Crippen molar-refractivity contribution < 1.29 is 14.3 Å². The van der Waals surface area contributed by atoms with E-state index in [0.717, 1.165) is 31.6 Å². The molecule has 0 spiro atoms. The van der Waals surface area contributed by atoms with E-state index in [-0.39, 0.29) is 24.4 Å². The molecule has 1 aromatic carbocycles. The third-order valence-electron chi connectivity index (χ3n) is 4.38. The molecule has 3 rings (SSSR count). The molecule has 2 fully saturated rings. The molecule has 1 saturated heterocycles. The molecular formula is C18H24N2O3. The van der Waals surface area contributed by atoms with Gasteiger partial charge in [0.2, 0.25) is 0 Å². The Hall–Kier alpha value is -2.04. The number of benzene rings is 1. The van der Waals surface area contributed by atoms with Gasteiger partial charge in [-0.1, -0.05) is 12.8 Å². The van der Waals surface area contributed by atoms with Crippen molar-refractivity contribution in [2.75, 3.05) is 29.9 Å². The predicted octanol–water partition coefficient (Wildman–Crippen LogP) is 2.96. The fourth-order valence-corrected chi connectivity index (χ4v) is 2.86. The highest BCUT2D eigenvalue weighted by Crippen LogP contribution is 2.30. The Bertz CT molecular complexity index is 544. The maximum atomic E-state index is 11.8. The van der Waals surface area contributed by atoms with Crippen molar-refractivity contribution in [3.8, 4) is 0 Å². The van der Waals surface area contributed by atoms with Gasteiger partial charge in [0, 0.05) is 24.5 Å². The highest BCUT2D eigenvalue weighted by Gasteiger charge is 2.31. The standard InChI is InChI=1S/C18H24N2O3/c21-17(13-23-18(22)14-5-6-14)19-15-7-9-16(10-8-15)20-11-3-1-2-4-12-20/h7-10,14H,1-6,11-13H2,(H,19,21). The van der Waals surface area contributed by atoms with Crippen LogP contribution < -0.4 is 10.2 Å². The van der Waals surface area contributed by atoms with Gasteiger partial charge in [-0.25, -0.2) is 0 Å². The normalized spacial score (nSPS) is 18.2. The fourth-order valence-electron chi connectivity index (χ4n) is 2.86. The van der Waals surface area contributed by atoms with Crippen LogP contribution in [0.15, 0.2) is 24.3 Å². The quantitative estimate of drug-likeness (QED) is 0.849. The van der Waals surface area contributed by atoms with Gasteiger partial charge in [-0.2, -0.15) is 0 Å². The van der Waals surface area contributed by atoms with Gasteiger partial charge in [-0.15, -0.1) is 0 Å². The van der Waals surface area contributed by atoms with Crippen LogP contribution in [0.2, 0.25) is 0 Å². The minimum Gasteiger partial charge on any atom is -0.455 e. The molecule has 1 aromatic rings. The number of hydrogen-bond donors (Lipinski definition) is 1. The summed E-state index contributed by atoms with van der Waals surface area (Å²) in [7, 11) is 0. The van der Waals surface area contributed by atoms with E-state index >= 15 is 0 Å². The highest BCUT2D eigenvalue weighted by atomic mass is 16.5. The van der Waals surface area contributed by atoms with E-state index in [2.05, 4.69) is 10.2 Å². The van der Waals surface area contributed by atoms with Gasteiger partial charge in [-0.3, -0.25) is 9.59 Å². The summed E-state index contributed by atoms with van der Waals surface area (Å²) in [6, 6.07) is 7.88. The van der Waals surface area contributed by atoms with Crippen molar-refractivity contribution in [1.82, 2.24) is 0 Å². The van der Waals surface area contributed by atoms with E-state index in [1.807, 2.05) is 24.3 Å². The Morgan fingerprint density at radius 3 is 2.30 bits per heavy atom. The first-order chi connectivity index (χ1) is 11.2. The number of nitrogens with zero attached hydrogens (tertiary/aromatic N) is 1. The lowest BCUT2D eigenvalue weighted by Crippen LogP contribution is -2.24. The smallest absolute Gasteiger partial charge is 0.309 e. The highest BCUT2D eigenvalue weighted by molar-refractivity contribution is 5.93. The van der Waals surface area contributed by atoms with Gasteiger partial charge in [0.25, 0.3) is 5.91 Å². The van der Waals surface area contributed by atoms with Crippen molar-refractivity contribution >= 4 is 23.3 Å². The van der Waals surface area contributed by atoms with E-state index in [4.69, 9.17) is 4.74 Å². The number of nitrogens with one attached hydrogen (secondary N) is 1. The van der Waals surface area contributed by atoms with Crippen LogP contribution in [0.25, 0.3) is 0 Å². The van der Waals surface area contributed by atoms with Gasteiger partial charge in [0.05, 0.1) is 5.92 Å². The number of amides is 1. The van der Waals surface area contributed by atoms with Crippen LogP contribution in [0.3, 0.4) is 0 Å². The number of carbonyl (C=O) groups is 2. The van der Waals surface area contributed by atoms with Crippen LogP contribution in [-0.4, -0.2) is 31.6 Å². The lowest BCUT2D eigenvalue weighted by Gasteiger charge is -2.22. The zero-order valence-electron chi connectivity index (χ0n) is 13.4. The summed E-state index contributed by atoms with van der Waals surface area (Å²) in [5, 5.41) is 2.76. The van der Waals surface area contributed by atoms with Crippen molar-refractivity contribution in [1.29, 1.82) is 0 Å². The van der Waals surface area contributed by atoms with E-state index in [9.17, 15) is 9.59 Å². The minimum atomic E-state index is -0.290. The molecule has 1 heterocycles. The van der Waals surface area contributed by atoms with Gasteiger partial charge in [0.15, 0.2) is 6.61 Å². The first-order valence-electron chi connectivity index (χ1n) is 8.54. The van der Waals surface area contributed by atoms with Crippen LogP contribution in [0.4, 0.5) is 11.4 Å². The Morgan fingerprint density at radius 1 is 1.04 bits per heavy atom. The molecule has 0 atom stereocenters. The first kappa shape index (κ1) is 15.8. The number of esters is 1. The average Bonchev–Trinajstić information content (AvgIpc) is 3.40. The van der Waals surface area contributed by atoms with Gasteiger partial charge < -0.3 is 15.0 Å². The first-order valence-corrected chi connectivity index (χ1v) is 8.54. The Kier molecular flexibility index (Phi) is 5.16. The van der Waals surface area contributed by atoms with Crippen molar-refractivity contribution in [2.45, 2.75) is 38.5 Å². The number of ether oxygens (including phenoxy) is 1. The predicted molar refractivity (Wildman–Crippen MR) is 89.4 cm³/mol. The molecule has 1 amide bonds. The molecule has 5 nitrogen and oxygen atoms in total. The second kappa shape index (κ2) is 7.49. The van der Waals surface area contributed by atoms with Crippen molar-refractivity contribution in [2.24, 2.45) is 5.92 Å². The summed E-state index contributed by atoms with van der Waals surface area (Å²) in [6.45, 7) is 1.99. The topological polar surface area (TPSA) is 58.6 Å². The summed E-state index contributed by atoms with van der Waals surface area (Å²) in [5.41, 5.74) is 1.93. The zero-order chi connectivity index (χ0) is 16.1. The van der Waals surface area contributed by atoms with E-state index in [1.54, 1.807) is 0 Å². The molecule has 0 radical (unpaired) electrons. The maximum absolute atomic E-state index is 11.8. The number of hydrogen-bond acceptors (Lipinski definition) is 4. The lowest BCUT2D eigenvalue weighted by molar-refractivity contribution is -0.148. The Morgan fingerprint density at radius 2 is 1.70 bits per heavy atom. The molecule has 0 bridgehead atoms. The molecule has 0 aromatic heterocycles. The molecule has 0 unspecified atom stereocenters. The summed E-state index contributed by atoms with van der Waals surface area (Å²) >= 11 is 0. The SMILES string of the molecule is O=C(COC(=O)C1CC1)Nc1ccc(N2CCCCCC2)cc1. The molecule has 5 heteroatoms. The lowest BCUT2D eigenvalue weighted by atomic mass is 10.2. The number of carbonyl (C=O) groups excluding carboxylic acids is 2. The van der Waals surface area contributed by atoms with Crippen LogP contribution in [0.1, 0.15) is 38.5 Å². The summed E-state index contributed by atoms with van der Waals surface area (Å²) in [6.07, 6.45) is 6.88. The molecule has 23 heavy (non-hydrogen) atoms. The summed E-state index contributed by atoms with van der Waals surface area (Å²) < 4.78 is 4.97. The van der Waals surface area contributed by atoms with E-state index in [0.29, 0.717) is 0 Å². The molecule has 1 aliphatic heterocycles. The molecule has 1 aliphatic carbocycles. The van der Waals surface area contributed by atoms with Crippen LogP contribution in [0.5, 0.6) is 0 Å². The van der Waals surface area contributed by atoms with Crippen LogP contribution >= 0.6 is 0 Å². The molecule has 2 aliphatic rings. The number of rotatable bonds is 5. The second-order valence-electron chi connectivity index (χ2n) is 6.38. The zero-order valence-corrected chi connectivity index (χ0v) is 13.4. The fraction of sp³-hybridized carbons (Fsp3) is 0.556. The monoisotopic (exact) mass is 316 g/mol. The van der Waals surface area contributed by atoms with E-state index in [1.165, 1.54) is 31.4 Å². The number of anilines is 2. The maximum Gasteiger partial charge on any atom is 0.309 e. The van der Waals surface area contributed by atoms with Crippen molar-refractivity contribution in [3.05, 3.63) is 24.3 Å². The van der Waals surface area contributed by atoms with Crippen molar-refractivity contribution in [3.63, 3.8) is 0 Å². The average molecular weight is 316 g/mol. The molecule has 1 saturated carbocycles. The molecule has 1 N–H and O–H groups in total. The second-order valence-corrected chi connectivity index (χ2v) is 6.38. The minimum absolute atomic E-state index is 0.0238. The summed E-state index contributed by atoms with van der Waals surface area (Å²) in [5.74, 6) is -0.520. The van der Waals surface area contributed by atoms with Gasteiger partial charge in [0.1, 0.15) is 0 Å². The Labute approximate surface area is 137 Å².